The fourth-order valence-corrected chi connectivity index (χ4v) is 4.12. The highest BCUT2D eigenvalue weighted by molar-refractivity contribution is 8.00. The average molecular weight is 308 g/mol. The minimum absolute atomic E-state index is 0.735. The highest BCUT2D eigenvalue weighted by atomic mass is 32.2. The Morgan fingerprint density at radius 2 is 1.86 bits per heavy atom. The molecule has 1 aliphatic rings. The molecule has 2 rings (SSSR count). The molecule has 1 heterocycles. The van der Waals surface area contributed by atoms with Crippen molar-refractivity contribution in [2.75, 3.05) is 32.8 Å². The summed E-state index contributed by atoms with van der Waals surface area (Å²) in [5.74, 6) is 0.975. The first-order valence-electron chi connectivity index (χ1n) is 7.97. The lowest BCUT2D eigenvalue weighted by Crippen LogP contribution is -2.42. The smallest absolute Gasteiger partial charge is 0.119 e. The lowest BCUT2D eigenvalue weighted by Gasteiger charge is -2.34. The number of benzene rings is 1. The summed E-state index contributed by atoms with van der Waals surface area (Å²) in [6.45, 7) is 12.8. The summed E-state index contributed by atoms with van der Waals surface area (Å²) in [6.07, 6.45) is 0. The molecule has 1 aromatic carbocycles. The van der Waals surface area contributed by atoms with Crippen LogP contribution >= 0.6 is 11.8 Å². The van der Waals surface area contributed by atoms with Crippen LogP contribution in [0.3, 0.4) is 0 Å². The van der Waals surface area contributed by atoms with Crippen molar-refractivity contribution in [3.8, 4) is 5.75 Å². The third-order valence-electron chi connectivity index (χ3n) is 3.67. The van der Waals surface area contributed by atoms with Crippen LogP contribution in [0.25, 0.3) is 0 Å². The predicted octanol–water partition coefficient (Wildman–Crippen LogP) is 3.00. The van der Waals surface area contributed by atoms with Gasteiger partial charge in [-0.3, -0.25) is 4.90 Å². The molecule has 1 aliphatic heterocycles. The Morgan fingerprint density at radius 3 is 2.48 bits per heavy atom. The van der Waals surface area contributed by atoms with Crippen LogP contribution in [0.1, 0.15) is 26.3 Å². The number of hydrogen-bond donors (Lipinski definition) is 1. The second-order valence-electron chi connectivity index (χ2n) is 5.79. The van der Waals surface area contributed by atoms with Crippen molar-refractivity contribution in [2.24, 2.45) is 0 Å². The van der Waals surface area contributed by atoms with Crippen LogP contribution in [0.4, 0.5) is 0 Å². The van der Waals surface area contributed by atoms with Crippen LogP contribution in [0, 0.1) is 0 Å². The molecule has 118 valence electrons. The molecule has 0 aromatic heterocycles. The van der Waals surface area contributed by atoms with Crippen molar-refractivity contribution in [2.45, 2.75) is 37.8 Å². The van der Waals surface area contributed by atoms with E-state index >= 15 is 0 Å². The van der Waals surface area contributed by atoms with Gasteiger partial charge in [-0.25, -0.2) is 0 Å². The van der Waals surface area contributed by atoms with E-state index in [4.69, 9.17) is 4.74 Å². The van der Waals surface area contributed by atoms with Crippen molar-refractivity contribution in [1.29, 1.82) is 0 Å². The Morgan fingerprint density at radius 1 is 1.19 bits per heavy atom. The van der Waals surface area contributed by atoms with Crippen LogP contribution in [0.5, 0.6) is 5.75 Å². The van der Waals surface area contributed by atoms with Gasteiger partial charge >= 0.3 is 0 Å². The molecule has 0 radical (unpaired) electrons. The van der Waals surface area contributed by atoms with E-state index in [0.717, 1.165) is 42.5 Å². The summed E-state index contributed by atoms with van der Waals surface area (Å²) < 4.78 is 5.87. The van der Waals surface area contributed by atoms with Gasteiger partial charge in [0.15, 0.2) is 0 Å². The number of rotatable bonds is 7. The van der Waals surface area contributed by atoms with E-state index in [1.165, 1.54) is 18.7 Å². The van der Waals surface area contributed by atoms with Gasteiger partial charge in [-0.05, 0) is 24.2 Å². The first-order valence-corrected chi connectivity index (χ1v) is 8.92. The van der Waals surface area contributed by atoms with Gasteiger partial charge in [-0.2, -0.15) is 11.8 Å². The normalized spacial score (nSPS) is 23.2. The molecule has 0 bridgehead atoms. The first kappa shape index (κ1) is 16.7. The Bertz CT molecular complexity index is 400. The minimum atomic E-state index is 0.735. The summed E-state index contributed by atoms with van der Waals surface area (Å²) >= 11 is 2.09. The maximum Gasteiger partial charge on any atom is 0.119 e. The van der Waals surface area contributed by atoms with Gasteiger partial charge in [-0.15, -0.1) is 0 Å². The highest BCUT2D eigenvalue weighted by Crippen LogP contribution is 2.24. The molecule has 1 fully saturated rings. The zero-order valence-corrected chi connectivity index (χ0v) is 14.3. The molecular formula is C17H28N2OS. The van der Waals surface area contributed by atoms with Crippen molar-refractivity contribution in [3.05, 3.63) is 29.8 Å². The lowest BCUT2D eigenvalue weighted by atomic mass is 10.2. The number of ether oxygens (including phenoxy) is 1. The SMILES string of the molecule is CCNCc1ccc(OCCN2CC(C)SC(C)C2)cc1. The largest absolute Gasteiger partial charge is 0.492 e. The van der Waals surface area contributed by atoms with E-state index in [-0.39, 0.29) is 0 Å². The van der Waals surface area contributed by atoms with Gasteiger partial charge in [0.1, 0.15) is 12.4 Å². The Labute approximate surface area is 133 Å². The Balaban J connectivity index is 1.70. The summed E-state index contributed by atoms with van der Waals surface area (Å²) in [5, 5.41) is 4.80. The first-order chi connectivity index (χ1) is 10.2. The third-order valence-corrected chi connectivity index (χ3v) is 4.90. The maximum atomic E-state index is 5.87. The van der Waals surface area contributed by atoms with Gasteiger partial charge in [0.05, 0.1) is 0 Å². The van der Waals surface area contributed by atoms with Crippen molar-refractivity contribution in [1.82, 2.24) is 10.2 Å². The van der Waals surface area contributed by atoms with Gasteiger partial charge in [0.2, 0.25) is 0 Å². The zero-order valence-electron chi connectivity index (χ0n) is 13.5. The number of hydrogen-bond acceptors (Lipinski definition) is 4. The van der Waals surface area contributed by atoms with Crippen LogP contribution in [-0.2, 0) is 6.54 Å². The fourth-order valence-electron chi connectivity index (χ4n) is 2.73. The molecule has 1 N–H and O–H groups in total. The second kappa shape index (κ2) is 8.66. The Kier molecular flexibility index (Phi) is 6.87. The predicted molar refractivity (Wildman–Crippen MR) is 92.3 cm³/mol. The highest BCUT2D eigenvalue weighted by Gasteiger charge is 2.21. The van der Waals surface area contributed by atoms with Crippen LogP contribution < -0.4 is 10.1 Å². The topological polar surface area (TPSA) is 24.5 Å². The molecule has 4 heteroatoms. The minimum Gasteiger partial charge on any atom is -0.492 e. The standard InChI is InChI=1S/C17H28N2OS/c1-4-18-11-16-5-7-17(8-6-16)20-10-9-19-12-14(2)21-15(3)13-19/h5-8,14-15,18H,4,9-13H2,1-3H3. The lowest BCUT2D eigenvalue weighted by molar-refractivity contribution is 0.207. The number of thioether (sulfide) groups is 1. The molecule has 0 aliphatic carbocycles. The molecule has 2 atom stereocenters. The summed E-state index contributed by atoms with van der Waals surface area (Å²) in [7, 11) is 0. The molecule has 2 unspecified atom stereocenters. The molecule has 21 heavy (non-hydrogen) atoms. The van der Waals surface area contributed by atoms with Crippen LogP contribution in [-0.4, -0.2) is 48.2 Å². The molecule has 1 aromatic rings. The maximum absolute atomic E-state index is 5.87. The molecule has 0 spiro atoms. The third kappa shape index (κ3) is 5.89. The Hall–Kier alpha value is -0.710. The quantitative estimate of drug-likeness (QED) is 0.837. The van der Waals surface area contributed by atoms with Gasteiger partial charge in [-0.1, -0.05) is 32.9 Å². The monoisotopic (exact) mass is 308 g/mol. The molecule has 1 saturated heterocycles. The van der Waals surface area contributed by atoms with E-state index in [0.29, 0.717) is 0 Å². The van der Waals surface area contributed by atoms with Crippen molar-refractivity contribution >= 4 is 11.8 Å². The summed E-state index contributed by atoms with van der Waals surface area (Å²) in [6, 6.07) is 8.42. The van der Waals surface area contributed by atoms with E-state index < -0.39 is 0 Å². The number of nitrogens with zero attached hydrogens (tertiary/aromatic N) is 1. The fraction of sp³-hybridized carbons (Fsp3) is 0.647. The number of nitrogens with one attached hydrogen (secondary N) is 1. The van der Waals surface area contributed by atoms with E-state index in [1.807, 2.05) is 0 Å². The van der Waals surface area contributed by atoms with Crippen molar-refractivity contribution in [3.63, 3.8) is 0 Å². The van der Waals surface area contributed by atoms with E-state index in [9.17, 15) is 0 Å². The van der Waals surface area contributed by atoms with E-state index in [1.54, 1.807) is 0 Å². The van der Waals surface area contributed by atoms with E-state index in [2.05, 4.69) is 67.0 Å². The summed E-state index contributed by atoms with van der Waals surface area (Å²) in [5.41, 5.74) is 1.31. The summed E-state index contributed by atoms with van der Waals surface area (Å²) in [4.78, 5) is 2.52. The van der Waals surface area contributed by atoms with Crippen LogP contribution in [0.2, 0.25) is 0 Å². The molecular weight excluding hydrogens is 280 g/mol. The zero-order chi connectivity index (χ0) is 15.1. The average Bonchev–Trinajstić information content (AvgIpc) is 2.45. The van der Waals surface area contributed by atoms with Gasteiger partial charge in [0.25, 0.3) is 0 Å². The van der Waals surface area contributed by atoms with Crippen molar-refractivity contribution < 1.29 is 4.74 Å². The molecule has 0 amide bonds. The molecule has 3 nitrogen and oxygen atoms in total. The second-order valence-corrected chi connectivity index (χ2v) is 7.67. The van der Waals surface area contributed by atoms with Gasteiger partial charge in [0, 0.05) is 36.7 Å². The van der Waals surface area contributed by atoms with Crippen LogP contribution in [0.15, 0.2) is 24.3 Å². The molecule has 0 saturated carbocycles. The van der Waals surface area contributed by atoms with Gasteiger partial charge < -0.3 is 10.1 Å².